The van der Waals surface area contributed by atoms with Crippen molar-refractivity contribution in [2.24, 2.45) is 0 Å². The van der Waals surface area contributed by atoms with Gasteiger partial charge < -0.3 is 20.1 Å². The van der Waals surface area contributed by atoms with Crippen molar-refractivity contribution in [1.82, 2.24) is 10.6 Å². The molecule has 2 N–H and O–H groups in total. The van der Waals surface area contributed by atoms with Crippen LogP contribution < -0.4 is 20.1 Å². The zero-order valence-corrected chi connectivity index (χ0v) is 17.9. The Bertz CT molecular complexity index is 740. The summed E-state index contributed by atoms with van der Waals surface area (Å²) in [4.78, 5) is 23.7. The van der Waals surface area contributed by atoms with Gasteiger partial charge in [0.15, 0.2) is 0 Å². The van der Waals surface area contributed by atoms with Gasteiger partial charge in [0.2, 0.25) is 11.8 Å². The fraction of sp³-hybridized carbons (Fsp3) is 0.417. The molecule has 0 aliphatic carbocycles. The summed E-state index contributed by atoms with van der Waals surface area (Å²) in [5.41, 5.74) is 2.11. The van der Waals surface area contributed by atoms with Crippen molar-refractivity contribution in [3.05, 3.63) is 59.7 Å². The average molecular weight is 413 g/mol. The highest BCUT2D eigenvalue weighted by Crippen LogP contribution is 2.16. The van der Waals surface area contributed by atoms with Gasteiger partial charge in [-0.2, -0.15) is 0 Å². The van der Waals surface area contributed by atoms with Crippen LogP contribution in [0.3, 0.4) is 0 Å². The maximum absolute atomic E-state index is 11.8. The van der Waals surface area contributed by atoms with Gasteiger partial charge in [-0.1, -0.05) is 36.4 Å². The third-order valence-corrected chi connectivity index (χ3v) is 4.61. The second-order valence-corrected chi connectivity index (χ2v) is 7.13. The van der Waals surface area contributed by atoms with Crippen molar-refractivity contribution in [1.29, 1.82) is 0 Å². The SMILES string of the molecule is Cc1ccccc1OCCC(=O)NCCCCNC(=O)CCOc1ccccc1C. The van der Waals surface area contributed by atoms with Crippen molar-refractivity contribution in [2.45, 2.75) is 39.5 Å². The van der Waals surface area contributed by atoms with Gasteiger partial charge in [0.05, 0.1) is 26.1 Å². The third kappa shape index (κ3) is 8.99. The first-order valence-electron chi connectivity index (χ1n) is 10.5. The van der Waals surface area contributed by atoms with Gasteiger partial charge in [-0.3, -0.25) is 9.59 Å². The van der Waals surface area contributed by atoms with Crippen LogP contribution in [0.4, 0.5) is 0 Å². The number of carbonyl (C=O) groups excluding carboxylic acids is 2. The summed E-state index contributed by atoms with van der Waals surface area (Å²) in [7, 11) is 0. The molecule has 0 aromatic heterocycles. The van der Waals surface area contributed by atoms with Gasteiger partial charge in [-0.25, -0.2) is 0 Å². The van der Waals surface area contributed by atoms with Gasteiger partial charge in [-0.05, 0) is 49.9 Å². The first-order valence-corrected chi connectivity index (χ1v) is 10.5. The Morgan fingerprint density at radius 1 is 0.700 bits per heavy atom. The van der Waals surface area contributed by atoms with Crippen LogP contribution in [0.1, 0.15) is 36.8 Å². The minimum absolute atomic E-state index is 0.0269. The molecule has 0 aliphatic heterocycles. The summed E-state index contributed by atoms with van der Waals surface area (Å²) in [5, 5.41) is 5.76. The van der Waals surface area contributed by atoms with Gasteiger partial charge >= 0.3 is 0 Å². The number of aryl methyl sites for hydroxylation is 2. The van der Waals surface area contributed by atoms with E-state index in [9.17, 15) is 9.59 Å². The van der Waals surface area contributed by atoms with E-state index < -0.39 is 0 Å². The molecule has 0 aliphatic rings. The van der Waals surface area contributed by atoms with E-state index in [1.165, 1.54) is 0 Å². The number of ether oxygens (including phenoxy) is 2. The standard InChI is InChI=1S/C24H32N2O4/c1-19-9-3-5-11-21(19)29-17-13-23(27)25-15-7-8-16-26-24(28)14-18-30-22-12-6-4-10-20(22)2/h3-6,9-12H,7-8,13-18H2,1-2H3,(H,25,27)(H,26,28). The molecular formula is C24H32N2O4. The molecule has 2 aromatic rings. The van der Waals surface area contributed by atoms with Crippen molar-refractivity contribution >= 4 is 11.8 Å². The molecule has 6 nitrogen and oxygen atoms in total. The first kappa shape index (κ1) is 23.3. The van der Waals surface area contributed by atoms with Crippen LogP contribution in [0, 0.1) is 13.8 Å². The van der Waals surface area contributed by atoms with E-state index in [1.54, 1.807) is 0 Å². The number of para-hydroxylation sites is 2. The van der Waals surface area contributed by atoms with E-state index in [0.29, 0.717) is 39.1 Å². The Kier molecular flexibility index (Phi) is 10.3. The maximum Gasteiger partial charge on any atom is 0.223 e. The molecule has 0 unspecified atom stereocenters. The summed E-state index contributed by atoms with van der Waals surface area (Å²) in [6.45, 7) is 5.86. The van der Waals surface area contributed by atoms with Crippen LogP contribution in [0.5, 0.6) is 11.5 Å². The lowest BCUT2D eigenvalue weighted by Gasteiger charge is -2.10. The van der Waals surface area contributed by atoms with Gasteiger partial charge in [0.1, 0.15) is 11.5 Å². The van der Waals surface area contributed by atoms with Gasteiger partial charge in [-0.15, -0.1) is 0 Å². The molecule has 0 atom stereocenters. The number of rotatable bonds is 13. The third-order valence-electron chi connectivity index (χ3n) is 4.61. The summed E-state index contributed by atoms with van der Waals surface area (Å²) >= 11 is 0. The largest absolute Gasteiger partial charge is 0.493 e. The molecule has 2 aromatic carbocycles. The average Bonchev–Trinajstić information content (AvgIpc) is 2.73. The summed E-state index contributed by atoms with van der Waals surface area (Å²) in [6.07, 6.45) is 2.27. The zero-order chi connectivity index (χ0) is 21.6. The Labute approximate surface area is 179 Å². The lowest BCUT2D eigenvalue weighted by atomic mass is 10.2. The monoisotopic (exact) mass is 412 g/mol. The Hall–Kier alpha value is -3.02. The molecule has 0 saturated carbocycles. The fourth-order valence-electron chi connectivity index (χ4n) is 2.83. The van der Waals surface area contributed by atoms with E-state index in [1.807, 2.05) is 62.4 Å². The Morgan fingerprint density at radius 2 is 1.10 bits per heavy atom. The lowest BCUT2D eigenvalue weighted by molar-refractivity contribution is -0.122. The van der Waals surface area contributed by atoms with E-state index in [0.717, 1.165) is 35.5 Å². The Balaban J connectivity index is 1.44. The lowest BCUT2D eigenvalue weighted by Crippen LogP contribution is -2.28. The smallest absolute Gasteiger partial charge is 0.223 e. The number of hydrogen-bond donors (Lipinski definition) is 2. The predicted octanol–water partition coefficient (Wildman–Crippen LogP) is 3.55. The molecule has 2 rings (SSSR count). The molecule has 30 heavy (non-hydrogen) atoms. The number of amides is 2. The normalized spacial score (nSPS) is 10.3. The first-order chi connectivity index (χ1) is 14.6. The Morgan fingerprint density at radius 3 is 1.50 bits per heavy atom. The molecule has 0 bridgehead atoms. The van der Waals surface area contributed by atoms with Crippen LogP contribution >= 0.6 is 0 Å². The van der Waals surface area contributed by atoms with Crippen LogP contribution in [0.25, 0.3) is 0 Å². The van der Waals surface area contributed by atoms with E-state index in [4.69, 9.17) is 9.47 Å². The molecule has 162 valence electrons. The molecule has 0 radical (unpaired) electrons. The maximum atomic E-state index is 11.8. The highest BCUT2D eigenvalue weighted by molar-refractivity contribution is 5.76. The fourth-order valence-corrected chi connectivity index (χ4v) is 2.83. The second-order valence-electron chi connectivity index (χ2n) is 7.13. The molecule has 0 spiro atoms. The van der Waals surface area contributed by atoms with Crippen molar-refractivity contribution < 1.29 is 19.1 Å². The summed E-state index contributed by atoms with van der Waals surface area (Å²) < 4.78 is 11.3. The number of carbonyl (C=O) groups is 2. The summed E-state index contributed by atoms with van der Waals surface area (Å²) in [5.74, 6) is 1.57. The van der Waals surface area contributed by atoms with Gasteiger partial charge in [0, 0.05) is 13.1 Å². The molecule has 0 saturated heterocycles. The van der Waals surface area contributed by atoms with Gasteiger partial charge in [0.25, 0.3) is 0 Å². The minimum Gasteiger partial charge on any atom is -0.493 e. The topological polar surface area (TPSA) is 76.7 Å². The van der Waals surface area contributed by atoms with E-state index in [-0.39, 0.29) is 11.8 Å². The van der Waals surface area contributed by atoms with E-state index >= 15 is 0 Å². The number of hydrogen-bond acceptors (Lipinski definition) is 4. The molecule has 2 amide bonds. The molecule has 0 heterocycles. The number of benzene rings is 2. The molecular weight excluding hydrogens is 380 g/mol. The molecule has 6 heteroatoms. The van der Waals surface area contributed by atoms with Crippen LogP contribution in [-0.4, -0.2) is 38.1 Å². The highest BCUT2D eigenvalue weighted by Gasteiger charge is 2.05. The van der Waals surface area contributed by atoms with Crippen molar-refractivity contribution in [3.63, 3.8) is 0 Å². The minimum atomic E-state index is -0.0269. The van der Waals surface area contributed by atoms with Crippen molar-refractivity contribution in [2.75, 3.05) is 26.3 Å². The van der Waals surface area contributed by atoms with Crippen LogP contribution in [0.15, 0.2) is 48.5 Å². The number of unbranched alkanes of at least 4 members (excludes halogenated alkanes) is 1. The van der Waals surface area contributed by atoms with Crippen LogP contribution in [-0.2, 0) is 9.59 Å². The summed E-state index contributed by atoms with van der Waals surface area (Å²) in [6, 6.07) is 15.5. The van der Waals surface area contributed by atoms with Crippen LogP contribution in [0.2, 0.25) is 0 Å². The quantitative estimate of drug-likeness (QED) is 0.493. The highest BCUT2D eigenvalue weighted by atomic mass is 16.5. The zero-order valence-electron chi connectivity index (χ0n) is 17.9. The molecule has 0 fully saturated rings. The predicted molar refractivity (Wildman–Crippen MR) is 118 cm³/mol. The number of nitrogens with one attached hydrogen (secondary N) is 2. The second kappa shape index (κ2) is 13.2. The van der Waals surface area contributed by atoms with E-state index in [2.05, 4.69) is 10.6 Å². The van der Waals surface area contributed by atoms with Crippen molar-refractivity contribution in [3.8, 4) is 11.5 Å².